The van der Waals surface area contributed by atoms with Crippen LogP contribution in [0, 0.1) is 11.8 Å². The summed E-state index contributed by atoms with van der Waals surface area (Å²) in [6.07, 6.45) is 2.38. The standard InChI is InChI=1S/C14H23N5O2/c1-3-11-9(2)8-15-13-16-14(17-19(11)13)18-6-4-10(5-7-18)12(20)21/h9-11H,3-8H2,1-2H3,(H,20,21)(H,15,16,17). The number of hydrogen-bond acceptors (Lipinski definition) is 5. The van der Waals surface area contributed by atoms with Crippen LogP contribution in [0.25, 0.3) is 0 Å². The molecule has 2 aliphatic heterocycles. The third-order valence-corrected chi connectivity index (χ3v) is 4.72. The Bertz CT molecular complexity index is 521. The molecule has 3 heterocycles. The van der Waals surface area contributed by atoms with Crippen molar-refractivity contribution in [2.75, 3.05) is 29.9 Å². The van der Waals surface area contributed by atoms with Crippen LogP contribution in [0.3, 0.4) is 0 Å². The Morgan fingerprint density at radius 1 is 1.43 bits per heavy atom. The van der Waals surface area contributed by atoms with Crippen LogP contribution in [0.4, 0.5) is 11.9 Å². The number of fused-ring (bicyclic) bond motifs is 1. The molecule has 0 radical (unpaired) electrons. The molecule has 2 atom stereocenters. The first-order chi connectivity index (χ1) is 10.1. The average Bonchev–Trinajstić information content (AvgIpc) is 2.91. The van der Waals surface area contributed by atoms with E-state index >= 15 is 0 Å². The molecule has 0 amide bonds. The van der Waals surface area contributed by atoms with Gasteiger partial charge in [-0.3, -0.25) is 4.79 Å². The summed E-state index contributed by atoms with van der Waals surface area (Å²) >= 11 is 0. The minimum Gasteiger partial charge on any atom is -0.481 e. The Balaban J connectivity index is 1.75. The summed E-state index contributed by atoms with van der Waals surface area (Å²) in [4.78, 5) is 17.7. The Morgan fingerprint density at radius 3 is 2.76 bits per heavy atom. The molecule has 0 aromatic carbocycles. The molecular formula is C14H23N5O2. The van der Waals surface area contributed by atoms with Crippen LogP contribution in [0.5, 0.6) is 0 Å². The highest BCUT2D eigenvalue weighted by Gasteiger charge is 2.31. The number of piperidine rings is 1. The first kappa shape index (κ1) is 14.2. The number of nitrogens with zero attached hydrogens (tertiary/aromatic N) is 4. The minimum atomic E-state index is -0.687. The molecule has 2 unspecified atom stereocenters. The fourth-order valence-corrected chi connectivity index (χ4v) is 3.33. The van der Waals surface area contributed by atoms with E-state index in [-0.39, 0.29) is 5.92 Å². The van der Waals surface area contributed by atoms with Crippen LogP contribution < -0.4 is 10.2 Å². The molecule has 1 aromatic heterocycles. The van der Waals surface area contributed by atoms with Gasteiger partial charge in [-0.25, -0.2) is 4.68 Å². The van der Waals surface area contributed by atoms with Crippen LogP contribution in [0.15, 0.2) is 0 Å². The molecule has 0 spiro atoms. The van der Waals surface area contributed by atoms with Gasteiger partial charge in [-0.15, -0.1) is 5.10 Å². The van der Waals surface area contributed by atoms with Gasteiger partial charge in [-0.05, 0) is 25.2 Å². The van der Waals surface area contributed by atoms with Gasteiger partial charge >= 0.3 is 5.97 Å². The molecule has 1 aromatic rings. The predicted molar refractivity (Wildman–Crippen MR) is 79.6 cm³/mol. The summed E-state index contributed by atoms with van der Waals surface area (Å²) in [7, 11) is 0. The van der Waals surface area contributed by atoms with E-state index in [2.05, 4.69) is 34.1 Å². The number of hydrogen-bond donors (Lipinski definition) is 2. The molecule has 3 rings (SSSR count). The Labute approximate surface area is 124 Å². The summed E-state index contributed by atoms with van der Waals surface area (Å²) in [5.74, 6) is 1.20. The largest absolute Gasteiger partial charge is 0.481 e. The lowest BCUT2D eigenvalue weighted by Crippen LogP contribution is -2.37. The molecule has 0 bridgehead atoms. The van der Waals surface area contributed by atoms with Crippen molar-refractivity contribution in [1.29, 1.82) is 0 Å². The van der Waals surface area contributed by atoms with Crippen molar-refractivity contribution in [3.63, 3.8) is 0 Å². The first-order valence-corrected chi connectivity index (χ1v) is 7.78. The second-order valence-corrected chi connectivity index (χ2v) is 6.11. The predicted octanol–water partition coefficient (Wildman–Crippen LogP) is 1.59. The molecule has 116 valence electrons. The number of carbonyl (C=O) groups is 1. The third-order valence-electron chi connectivity index (χ3n) is 4.72. The first-order valence-electron chi connectivity index (χ1n) is 7.78. The molecule has 2 N–H and O–H groups in total. The van der Waals surface area contributed by atoms with Gasteiger partial charge in [0, 0.05) is 19.6 Å². The molecule has 1 fully saturated rings. The van der Waals surface area contributed by atoms with Crippen molar-refractivity contribution in [3.8, 4) is 0 Å². The third kappa shape index (κ3) is 2.56. The summed E-state index contributed by atoms with van der Waals surface area (Å²) in [6.45, 7) is 6.76. The van der Waals surface area contributed by atoms with E-state index in [1.54, 1.807) is 0 Å². The number of aromatic nitrogens is 3. The van der Waals surface area contributed by atoms with Crippen LogP contribution in [-0.4, -0.2) is 45.5 Å². The highest BCUT2D eigenvalue weighted by molar-refractivity contribution is 5.70. The van der Waals surface area contributed by atoms with Crippen LogP contribution >= 0.6 is 0 Å². The van der Waals surface area contributed by atoms with E-state index < -0.39 is 5.97 Å². The van der Waals surface area contributed by atoms with E-state index in [4.69, 9.17) is 5.11 Å². The molecule has 21 heavy (non-hydrogen) atoms. The van der Waals surface area contributed by atoms with Gasteiger partial charge in [0.2, 0.25) is 11.9 Å². The Morgan fingerprint density at radius 2 is 2.14 bits per heavy atom. The van der Waals surface area contributed by atoms with Gasteiger partial charge in [-0.1, -0.05) is 13.8 Å². The van der Waals surface area contributed by atoms with Crippen molar-refractivity contribution in [1.82, 2.24) is 14.8 Å². The van der Waals surface area contributed by atoms with E-state index in [0.29, 0.717) is 37.9 Å². The normalized spacial score (nSPS) is 26.3. The maximum absolute atomic E-state index is 11.0. The van der Waals surface area contributed by atoms with Gasteiger partial charge < -0.3 is 15.3 Å². The number of rotatable bonds is 3. The highest BCUT2D eigenvalue weighted by Crippen LogP contribution is 2.31. The maximum Gasteiger partial charge on any atom is 0.306 e. The van der Waals surface area contributed by atoms with Crippen molar-refractivity contribution in [3.05, 3.63) is 0 Å². The van der Waals surface area contributed by atoms with Crippen LogP contribution in [-0.2, 0) is 4.79 Å². The number of carboxylic acids is 1. The lowest BCUT2D eigenvalue weighted by atomic mass is 9.97. The average molecular weight is 293 g/mol. The second-order valence-electron chi connectivity index (χ2n) is 6.11. The molecule has 1 saturated heterocycles. The van der Waals surface area contributed by atoms with Crippen LogP contribution in [0.1, 0.15) is 39.2 Å². The van der Waals surface area contributed by atoms with E-state index in [9.17, 15) is 4.79 Å². The number of aliphatic carboxylic acids is 1. The summed E-state index contributed by atoms with van der Waals surface area (Å²) in [5, 5.41) is 17.1. The topological polar surface area (TPSA) is 83.3 Å². The zero-order valence-electron chi connectivity index (χ0n) is 12.6. The summed E-state index contributed by atoms with van der Waals surface area (Å²) < 4.78 is 2.01. The molecule has 0 saturated carbocycles. The fourth-order valence-electron chi connectivity index (χ4n) is 3.33. The maximum atomic E-state index is 11.0. The van der Waals surface area contributed by atoms with E-state index in [1.807, 2.05) is 4.68 Å². The van der Waals surface area contributed by atoms with Crippen LogP contribution in [0.2, 0.25) is 0 Å². The quantitative estimate of drug-likeness (QED) is 0.880. The van der Waals surface area contributed by atoms with Crippen molar-refractivity contribution < 1.29 is 9.90 Å². The van der Waals surface area contributed by atoms with E-state index in [0.717, 1.165) is 24.9 Å². The van der Waals surface area contributed by atoms with Gasteiger partial charge in [0.15, 0.2) is 0 Å². The molecule has 7 heteroatoms. The number of carboxylic acid groups (broad SMARTS) is 1. The highest BCUT2D eigenvalue weighted by atomic mass is 16.4. The molecule has 0 aliphatic carbocycles. The fraction of sp³-hybridized carbons (Fsp3) is 0.786. The monoisotopic (exact) mass is 293 g/mol. The summed E-state index contributed by atoms with van der Waals surface area (Å²) in [5.41, 5.74) is 0. The molecular weight excluding hydrogens is 270 g/mol. The lowest BCUT2D eigenvalue weighted by molar-refractivity contribution is -0.142. The lowest BCUT2D eigenvalue weighted by Gasteiger charge is -2.29. The van der Waals surface area contributed by atoms with Crippen molar-refractivity contribution in [2.45, 2.75) is 39.2 Å². The zero-order valence-corrected chi connectivity index (χ0v) is 12.6. The molecule has 2 aliphatic rings. The molecule has 7 nitrogen and oxygen atoms in total. The Hall–Kier alpha value is -1.79. The van der Waals surface area contributed by atoms with Crippen molar-refractivity contribution in [2.24, 2.45) is 11.8 Å². The Kier molecular flexibility index (Phi) is 3.73. The number of anilines is 2. The van der Waals surface area contributed by atoms with Gasteiger partial charge in [-0.2, -0.15) is 4.98 Å². The SMILES string of the molecule is CCC1C(C)CNc2nc(N3CCC(C(=O)O)CC3)nn21. The van der Waals surface area contributed by atoms with Gasteiger partial charge in [0.05, 0.1) is 12.0 Å². The smallest absolute Gasteiger partial charge is 0.306 e. The van der Waals surface area contributed by atoms with Gasteiger partial charge in [0.25, 0.3) is 0 Å². The number of nitrogens with one attached hydrogen (secondary N) is 1. The van der Waals surface area contributed by atoms with Crippen molar-refractivity contribution >= 4 is 17.9 Å². The minimum absolute atomic E-state index is 0.222. The summed E-state index contributed by atoms with van der Waals surface area (Å²) in [6, 6.07) is 0.388. The van der Waals surface area contributed by atoms with Gasteiger partial charge in [0.1, 0.15) is 0 Å². The van der Waals surface area contributed by atoms with E-state index in [1.165, 1.54) is 0 Å². The zero-order chi connectivity index (χ0) is 15.0. The second kappa shape index (κ2) is 5.54.